The predicted octanol–water partition coefficient (Wildman–Crippen LogP) is 1.17. The van der Waals surface area contributed by atoms with Crippen LogP contribution in [0.2, 0.25) is 0 Å². The molecule has 0 aromatic carbocycles. The molecule has 0 fully saturated rings. The Kier molecular flexibility index (Phi) is 1.13. The Labute approximate surface area is 60.6 Å². The molecular weight excluding hydrogens is 124 g/mol. The molecule has 0 aliphatic carbocycles. The summed E-state index contributed by atoms with van der Waals surface area (Å²) in [5, 5.41) is 0. The average molecular weight is 134 g/mol. The molecule has 0 N–H and O–H groups in total. The average Bonchev–Trinajstić information content (AvgIpc) is 2.36. The zero-order valence-electron chi connectivity index (χ0n) is 6.04. The highest BCUT2D eigenvalue weighted by Gasteiger charge is 2.16. The van der Waals surface area contributed by atoms with E-state index in [1.165, 1.54) is 5.57 Å². The number of hydrogen-bond donors (Lipinski definition) is 0. The third kappa shape index (κ3) is 0.685. The quantitative estimate of drug-likeness (QED) is 0.485. The van der Waals surface area contributed by atoms with E-state index in [9.17, 15) is 0 Å². The van der Waals surface area contributed by atoms with Crippen molar-refractivity contribution < 1.29 is 0 Å². The zero-order chi connectivity index (χ0) is 6.97. The lowest BCUT2D eigenvalue weighted by molar-refractivity contribution is 0.608. The largest absolute Gasteiger partial charge is 0.331 e. The highest BCUT2D eigenvalue weighted by atomic mass is 15.2. The zero-order valence-corrected chi connectivity index (χ0v) is 6.04. The summed E-state index contributed by atoms with van der Waals surface area (Å²) in [4.78, 5) is 6.55. The Bertz CT molecular complexity index is 236. The van der Waals surface area contributed by atoms with E-state index in [1.807, 2.05) is 0 Å². The van der Waals surface area contributed by atoms with E-state index in [1.54, 1.807) is 0 Å². The normalized spacial score (nSPS) is 22.3. The van der Waals surface area contributed by atoms with Crippen molar-refractivity contribution in [3.63, 3.8) is 0 Å². The van der Waals surface area contributed by atoms with Gasteiger partial charge in [-0.15, -0.1) is 0 Å². The van der Waals surface area contributed by atoms with Gasteiger partial charge in [-0.1, -0.05) is 6.08 Å². The molecule has 0 aromatic rings. The second-order valence-corrected chi connectivity index (χ2v) is 2.59. The molecule has 0 bridgehead atoms. The number of aliphatic imine (C=N–C) groups is 1. The van der Waals surface area contributed by atoms with E-state index in [2.05, 4.69) is 35.2 Å². The number of fused-ring (bicyclic) bond motifs is 1. The van der Waals surface area contributed by atoms with Gasteiger partial charge >= 0.3 is 0 Å². The first-order valence-corrected chi connectivity index (χ1v) is 3.54. The summed E-state index contributed by atoms with van der Waals surface area (Å²) in [5.74, 6) is 1.16. The van der Waals surface area contributed by atoms with Crippen LogP contribution in [-0.2, 0) is 0 Å². The lowest BCUT2D eigenvalue weighted by atomic mass is 10.2. The van der Waals surface area contributed by atoms with Crippen molar-refractivity contribution in [3.05, 3.63) is 23.9 Å². The van der Waals surface area contributed by atoms with Gasteiger partial charge in [-0.25, -0.2) is 0 Å². The van der Waals surface area contributed by atoms with Crippen LogP contribution in [-0.4, -0.2) is 23.8 Å². The van der Waals surface area contributed by atoms with Gasteiger partial charge in [0.15, 0.2) is 0 Å². The number of rotatable bonds is 0. The summed E-state index contributed by atoms with van der Waals surface area (Å²) in [6, 6.07) is 0. The monoisotopic (exact) mass is 134 g/mol. The maximum atomic E-state index is 4.36. The third-order valence-corrected chi connectivity index (χ3v) is 1.84. The molecule has 2 rings (SSSR count). The van der Waals surface area contributed by atoms with Crippen molar-refractivity contribution >= 4 is 5.84 Å². The number of nitrogens with zero attached hydrogens (tertiary/aromatic N) is 2. The van der Waals surface area contributed by atoms with Gasteiger partial charge in [0.1, 0.15) is 5.84 Å². The molecule has 0 aromatic heterocycles. The van der Waals surface area contributed by atoms with Crippen molar-refractivity contribution in [2.24, 2.45) is 4.99 Å². The van der Waals surface area contributed by atoms with Gasteiger partial charge in [0.05, 0.1) is 6.54 Å². The van der Waals surface area contributed by atoms with Crippen molar-refractivity contribution in [3.8, 4) is 0 Å². The molecule has 10 heavy (non-hydrogen) atoms. The SMILES string of the molecule is CC1=CC=CN2CCN=C12. The van der Waals surface area contributed by atoms with Crippen LogP contribution in [0, 0.1) is 0 Å². The Morgan fingerprint density at radius 3 is 3.30 bits per heavy atom. The number of amidine groups is 1. The first-order valence-electron chi connectivity index (χ1n) is 3.54. The van der Waals surface area contributed by atoms with E-state index in [0.717, 1.165) is 18.9 Å². The Morgan fingerprint density at radius 2 is 2.50 bits per heavy atom. The standard InChI is InChI=1S/C8H10N2/c1-7-3-2-5-10-6-4-9-8(7)10/h2-3,5H,4,6H2,1H3. The molecule has 0 radical (unpaired) electrons. The van der Waals surface area contributed by atoms with Gasteiger partial charge in [-0.2, -0.15) is 0 Å². The molecule has 0 saturated carbocycles. The van der Waals surface area contributed by atoms with Crippen LogP contribution in [0.4, 0.5) is 0 Å². The highest BCUT2D eigenvalue weighted by molar-refractivity contribution is 6.00. The number of allylic oxidation sites excluding steroid dienone is 2. The molecule has 2 heteroatoms. The van der Waals surface area contributed by atoms with E-state index in [0.29, 0.717) is 0 Å². The predicted molar refractivity (Wildman–Crippen MR) is 41.9 cm³/mol. The molecule has 2 heterocycles. The molecule has 0 unspecified atom stereocenters. The van der Waals surface area contributed by atoms with Gasteiger partial charge < -0.3 is 4.90 Å². The lowest BCUT2D eigenvalue weighted by Gasteiger charge is -2.18. The Hall–Kier alpha value is -1.05. The maximum absolute atomic E-state index is 4.36. The molecule has 2 aliphatic heterocycles. The van der Waals surface area contributed by atoms with E-state index in [4.69, 9.17) is 0 Å². The van der Waals surface area contributed by atoms with E-state index < -0.39 is 0 Å². The second-order valence-electron chi connectivity index (χ2n) is 2.59. The van der Waals surface area contributed by atoms with Crippen molar-refractivity contribution in [2.45, 2.75) is 6.92 Å². The van der Waals surface area contributed by atoms with Crippen LogP contribution in [0.15, 0.2) is 28.9 Å². The summed E-state index contributed by atoms with van der Waals surface area (Å²) in [5.41, 5.74) is 1.28. The second kappa shape index (κ2) is 1.97. The summed E-state index contributed by atoms with van der Waals surface area (Å²) < 4.78 is 0. The minimum Gasteiger partial charge on any atom is -0.331 e. The van der Waals surface area contributed by atoms with Crippen molar-refractivity contribution in [1.82, 2.24) is 4.90 Å². The summed E-state index contributed by atoms with van der Waals surface area (Å²) in [6.07, 6.45) is 6.25. The van der Waals surface area contributed by atoms with Crippen LogP contribution in [0.1, 0.15) is 6.92 Å². The molecule has 52 valence electrons. The molecule has 0 amide bonds. The van der Waals surface area contributed by atoms with Crippen LogP contribution < -0.4 is 0 Å². The maximum Gasteiger partial charge on any atom is 0.130 e. The lowest BCUT2D eigenvalue weighted by Crippen LogP contribution is -2.24. The first kappa shape index (κ1) is 5.71. The first-order chi connectivity index (χ1) is 4.88. The van der Waals surface area contributed by atoms with Gasteiger partial charge in [0, 0.05) is 12.7 Å². The third-order valence-electron chi connectivity index (χ3n) is 1.84. The van der Waals surface area contributed by atoms with E-state index >= 15 is 0 Å². The number of hydrogen-bond acceptors (Lipinski definition) is 2. The fraction of sp³-hybridized carbons (Fsp3) is 0.375. The minimum absolute atomic E-state index is 0.949. The van der Waals surface area contributed by atoms with Crippen LogP contribution >= 0.6 is 0 Å². The summed E-state index contributed by atoms with van der Waals surface area (Å²) in [7, 11) is 0. The van der Waals surface area contributed by atoms with Crippen LogP contribution in [0.5, 0.6) is 0 Å². The molecule has 0 atom stereocenters. The molecule has 0 spiro atoms. The Morgan fingerprint density at radius 1 is 1.60 bits per heavy atom. The van der Waals surface area contributed by atoms with Crippen molar-refractivity contribution in [1.29, 1.82) is 0 Å². The van der Waals surface area contributed by atoms with Gasteiger partial charge in [-0.05, 0) is 18.6 Å². The Balaban J connectivity index is 2.38. The molecular formula is C8H10N2. The fourth-order valence-electron chi connectivity index (χ4n) is 1.32. The molecule has 2 nitrogen and oxygen atoms in total. The summed E-state index contributed by atoms with van der Waals surface area (Å²) >= 11 is 0. The fourth-order valence-corrected chi connectivity index (χ4v) is 1.32. The van der Waals surface area contributed by atoms with Gasteiger partial charge in [0.2, 0.25) is 0 Å². The van der Waals surface area contributed by atoms with Crippen molar-refractivity contribution in [2.75, 3.05) is 13.1 Å². The van der Waals surface area contributed by atoms with Gasteiger partial charge in [-0.3, -0.25) is 4.99 Å². The van der Waals surface area contributed by atoms with Gasteiger partial charge in [0.25, 0.3) is 0 Å². The molecule has 0 saturated heterocycles. The van der Waals surface area contributed by atoms with Crippen LogP contribution in [0.25, 0.3) is 0 Å². The van der Waals surface area contributed by atoms with E-state index in [-0.39, 0.29) is 0 Å². The minimum atomic E-state index is 0.949. The summed E-state index contributed by atoms with van der Waals surface area (Å²) in [6.45, 7) is 4.10. The molecule has 2 aliphatic rings. The van der Waals surface area contributed by atoms with Crippen LogP contribution in [0.3, 0.4) is 0 Å². The topological polar surface area (TPSA) is 15.6 Å². The smallest absolute Gasteiger partial charge is 0.130 e. The highest BCUT2D eigenvalue weighted by Crippen LogP contribution is 2.13.